The van der Waals surface area contributed by atoms with Gasteiger partial charge in [0.05, 0.1) is 18.5 Å². The molecule has 0 aliphatic carbocycles. The van der Waals surface area contributed by atoms with Gasteiger partial charge in [-0.15, -0.1) is 0 Å². The number of carbonyl (C=O) groups is 2. The molecule has 1 fully saturated rings. The van der Waals surface area contributed by atoms with E-state index in [1.807, 2.05) is 0 Å². The van der Waals surface area contributed by atoms with Crippen molar-refractivity contribution < 1.29 is 18.7 Å². The largest absolute Gasteiger partial charge is 0.462 e. The average molecular weight is 303 g/mol. The summed E-state index contributed by atoms with van der Waals surface area (Å²) in [7, 11) is 0. The van der Waals surface area contributed by atoms with Crippen molar-refractivity contribution in [1.29, 1.82) is 0 Å². The van der Waals surface area contributed by atoms with Gasteiger partial charge >= 0.3 is 5.97 Å². The van der Waals surface area contributed by atoms with E-state index in [2.05, 4.69) is 15.5 Å². The Bertz CT molecular complexity index is 714. The SMILES string of the molecule is O=C1CC(COC(=O)c2cn[nH]c2-c2ccccc2F)CN1. The van der Waals surface area contributed by atoms with Crippen molar-refractivity contribution in [3.63, 3.8) is 0 Å². The molecule has 1 aliphatic rings. The van der Waals surface area contributed by atoms with E-state index in [0.29, 0.717) is 13.0 Å². The molecule has 114 valence electrons. The Morgan fingerprint density at radius 3 is 2.95 bits per heavy atom. The van der Waals surface area contributed by atoms with Gasteiger partial charge in [0.15, 0.2) is 0 Å². The molecule has 6 nitrogen and oxygen atoms in total. The summed E-state index contributed by atoms with van der Waals surface area (Å²) in [4.78, 5) is 23.2. The van der Waals surface area contributed by atoms with Crippen molar-refractivity contribution in [1.82, 2.24) is 15.5 Å². The minimum Gasteiger partial charge on any atom is -0.462 e. The Kier molecular flexibility index (Phi) is 3.86. The molecule has 2 heterocycles. The van der Waals surface area contributed by atoms with Gasteiger partial charge in [0, 0.05) is 24.4 Å². The second-order valence-electron chi connectivity index (χ2n) is 5.11. The zero-order valence-corrected chi connectivity index (χ0v) is 11.6. The summed E-state index contributed by atoms with van der Waals surface area (Å²) in [5.74, 6) is -1.12. The fraction of sp³-hybridized carbons (Fsp3) is 0.267. The van der Waals surface area contributed by atoms with E-state index < -0.39 is 11.8 Å². The van der Waals surface area contributed by atoms with Crippen molar-refractivity contribution in [2.24, 2.45) is 5.92 Å². The van der Waals surface area contributed by atoms with Crippen molar-refractivity contribution in [3.8, 4) is 11.3 Å². The average Bonchev–Trinajstić information content (AvgIpc) is 3.14. The molecule has 3 rings (SSSR count). The van der Waals surface area contributed by atoms with E-state index in [0.717, 1.165) is 0 Å². The Morgan fingerprint density at radius 1 is 1.41 bits per heavy atom. The van der Waals surface area contributed by atoms with E-state index >= 15 is 0 Å². The topological polar surface area (TPSA) is 84.1 Å². The summed E-state index contributed by atoms with van der Waals surface area (Å²) in [6.07, 6.45) is 1.65. The van der Waals surface area contributed by atoms with Crippen molar-refractivity contribution in [2.75, 3.05) is 13.2 Å². The molecule has 2 N–H and O–H groups in total. The molecule has 1 aromatic carbocycles. The molecule has 0 saturated carbocycles. The van der Waals surface area contributed by atoms with Crippen LogP contribution >= 0.6 is 0 Å². The highest BCUT2D eigenvalue weighted by Crippen LogP contribution is 2.24. The van der Waals surface area contributed by atoms with Gasteiger partial charge in [-0.1, -0.05) is 12.1 Å². The first-order valence-corrected chi connectivity index (χ1v) is 6.87. The lowest BCUT2D eigenvalue weighted by molar-refractivity contribution is -0.119. The quantitative estimate of drug-likeness (QED) is 0.839. The third kappa shape index (κ3) is 2.83. The van der Waals surface area contributed by atoms with Gasteiger partial charge in [0.1, 0.15) is 11.4 Å². The normalized spacial score (nSPS) is 17.3. The Balaban J connectivity index is 1.73. The molecule has 2 aromatic rings. The minimum atomic E-state index is -0.591. The number of nitrogens with one attached hydrogen (secondary N) is 2. The van der Waals surface area contributed by atoms with E-state index in [1.165, 1.54) is 12.3 Å². The van der Waals surface area contributed by atoms with Gasteiger partial charge in [-0.2, -0.15) is 5.10 Å². The summed E-state index contributed by atoms with van der Waals surface area (Å²) in [6.45, 7) is 0.636. The molecule has 7 heteroatoms. The van der Waals surface area contributed by atoms with Crippen molar-refractivity contribution >= 4 is 11.9 Å². The lowest BCUT2D eigenvalue weighted by Gasteiger charge is -2.09. The smallest absolute Gasteiger partial charge is 0.342 e. The van der Waals surface area contributed by atoms with Crippen LogP contribution in [0.4, 0.5) is 4.39 Å². The van der Waals surface area contributed by atoms with Crippen LogP contribution < -0.4 is 5.32 Å². The predicted molar refractivity (Wildman–Crippen MR) is 75.4 cm³/mol. The molecule has 0 radical (unpaired) electrons. The first-order valence-electron chi connectivity index (χ1n) is 6.87. The number of aromatic nitrogens is 2. The number of ether oxygens (including phenoxy) is 1. The van der Waals surface area contributed by atoms with E-state index in [1.54, 1.807) is 18.2 Å². The number of esters is 1. The number of H-pyrrole nitrogens is 1. The maximum Gasteiger partial charge on any atom is 0.342 e. The highest BCUT2D eigenvalue weighted by atomic mass is 19.1. The van der Waals surface area contributed by atoms with Gasteiger partial charge in [-0.05, 0) is 12.1 Å². The Labute approximate surface area is 125 Å². The number of benzene rings is 1. The number of hydrogen-bond acceptors (Lipinski definition) is 4. The monoisotopic (exact) mass is 303 g/mol. The molecule has 1 aliphatic heterocycles. The van der Waals surface area contributed by atoms with Crippen LogP contribution in [0.25, 0.3) is 11.3 Å². The number of nitrogens with zero attached hydrogens (tertiary/aromatic N) is 1. The Hall–Kier alpha value is -2.70. The zero-order valence-electron chi connectivity index (χ0n) is 11.6. The van der Waals surface area contributed by atoms with Crippen LogP contribution in [0.3, 0.4) is 0 Å². The van der Waals surface area contributed by atoms with Gasteiger partial charge in [-0.3, -0.25) is 9.89 Å². The van der Waals surface area contributed by atoms with E-state index in [-0.39, 0.29) is 35.3 Å². The highest BCUT2D eigenvalue weighted by Gasteiger charge is 2.24. The van der Waals surface area contributed by atoms with Crippen LogP contribution in [-0.2, 0) is 9.53 Å². The van der Waals surface area contributed by atoms with Gasteiger partial charge in [0.25, 0.3) is 0 Å². The first kappa shape index (κ1) is 14.2. The number of hydrogen-bond donors (Lipinski definition) is 2. The van der Waals surface area contributed by atoms with Gasteiger partial charge < -0.3 is 10.1 Å². The maximum absolute atomic E-state index is 13.8. The standard InChI is InChI=1S/C15H14FN3O3/c16-12-4-2-1-3-10(12)14-11(7-18-19-14)15(21)22-8-9-5-13(20)17-6-9/h1-4,7,9H,5-6,8H2,(H,17,20)(H,18,19). The van der Waals surface area contributed by atoms with Gasteiger partial charge in [0.2, 0.25) is 5.91 Å². The summed E-state index contributed by atoms with van der Waals surface area (Å²) in [5.41, 5.74) is 0.704. The van der Waals surface area contributed by atoms with E-state index in [9.17, 15) is 14.0 Å². The lowest BCUT2D eigenvalue weighted by atomic mass is 10.1. The van der Waals surface area contributed by atoms with Gasteiger partial charge in [-0.25, -0.2) is 9.18 Å². The number of rotatable bonds is 4. The third-order valence-corrected chi connectivity index (χ3v) is 3.51. The molecular formula is C15H14FN3O3. The molecular weight excluding hydrogens is 289 g/mol. The first-order chi connectivity index (χ1) is 10.6. The van der Waals surface area contributed by atoms with Crippen LogP contribution in [0.1, 0.15) is 16.8 Å². The lowest BCUT2D eigenvalue weighted by Crippen LogP contribution is -2.17. The highest BCUT2D eigenvalue weighted by molar-refractivity contribution is 5.96. The van der Waals surface area contributed by atoms with E-state index in [4.69, 9.17) is 4.74 Å². The zero-order chi connectivity index (χ0) is 15.5. The second kappa shape index (κ2) is 5.97. The predicted octanol–water partition coefficient (Wildman–Crippen LogP) is 1.51. The van der Waals surface area contributed by atoms with Crippen LogP contribution in [0.15, 0.2) is 30.5 Å². The molecule has 0 bridgehead atoms. The minimum absolute atomic E-state index is 0.0275. The molecule has 1 amide bonds. The summed E-state index contributed by atoms with van der Waals surface area (Å²) in [5, 5.41) is 9.09. The number of carbonyl (C=O) groups excluding carboxylic acids is 2. The summed E-state index contributed by atoms with van der Waals surface area (Å²) in [6, 6.07) is 6.10. The maximum atomic E-state index is 13.8. The molecule has 1 saturated heterocycles. The van der Waals surface area contributed by atoms with Crippen LogP contribution in [-0.4, -0.2) is 35.2 Å². The Morgan fingerprint density at radius 2 is 2.23 bits per heavy atom. The van der Waals surface area contributed by atoms with Crippen LogP contribution in [0.5, 0.6) is 0 Å². The molecule has 22 heavy (non-hydrogen) atoms. The van der Waals surface area contributed by atoms with Crippen LogP contribution in [0.2, 0.25) is 0 Å². The number of aromatic amines is 1. The van der Waals surface area contributed by atoms with Crippen molar-refractivity contribution in [2.45, 2.75) is 6.42 Å². The van der Waals surface area contributed by atoms with Crippen LogP contribution in [0, 0.1) is 11.7 Å². The third-order valence-electron chi connectivity index (χ3n) is 3.51. The fourth-order valence-corrected chi connectivity index (χ4v) is 2.36. The molecule has 1 unspecified atom stereocenters. The summed E-state index contributed by atoms with van der Waals surface area (Å²) >= 11 is 0. The summed E-state index contributed by atoms with van der Waals surface area (Å²) < 4.78 is 19.0. The molecule has 0 spiro atoms. The molecule has 1 atom stereocenters. The fourth-order valence-electron chi connectivity index (χ4n) is 2.36. The number of halogens is 1. The molecule has 1 aromatic heterocycles. The second-order valence-corrected chi connectivity index (χ2v) is 5.11. The van der Waals surface area contributed by atoms with Crippen molar-refractivity contribution in [3.05, 3.63) is 41.8 Å². The number of amides is 1.